The highest BCUT2D eigenvalue weighted by atomic mass is 16.5. The van der Waals surface area contributed by atoms with Crippen LogP contribution in [0.15, 0.2) is 48.5 Å². The molecule has 0 aliphatic heterocycles. The monoisotopic (exact) mass is 340 g/mol. The summed E-state index contributed by atoms with van der Waals surface area (Å²) in [6, 6.07) is 15.3. The zero-order chi connectivity index (χ0) is 17.6. The molecule has 5 heteroatoms. The van der Waals surface area contributed by atoms with E-state index < -0.39 is 0 Å². The van der Waals surface area contributed by atoms with Gasteiger partial charge in [-0.3, -0.25) is 0 Å². The number of nitrogens with one attached hydrogen (secondary N) is 1. The number of anilines is 1. The number of carbonyl (C=O) groups is 1. The van der Waals surface area contributed by atoms with E-state index in [1.807, 2.05) is 37.3 Å². The van der Waals surface area contributed by atoms with Crippen molar-refractivity contribution in [1.29, 1.82) is 0 Å². The van der Waals surface area contributed by atoms with Crippen LogP contribution >= 0.6 is 0 Å². The lowest BCUT2D eigenvalue weighted by molar-refractivity contribution is 0.162. The van der Waals surface area contributed by atoms with Crippen LogP contribution in [-0.4, -0.2) is 35.8 Å². The van der Waals surface area contributed by atoms with Gasteiger partial charge in [-0.15, -0.1) is 0 Å². The Bertz CT molecular complexity index is 732. The first-order chi connectivity index (χ1) is 12.2. The minimum absolute atomic E-state index is 0.00146. The number of hydrogen-bond donors (Lipinski definition) is 2. The van der Waals surface area contributed by atoms with E-state index in [-0.39, 0.29) is 18.7 Å². The number of aliphatic hydroxyl groups is 1. The topological polar surface area (TPSA) is 61.8 Å². The molecule has 25 heavy (non-hydrogen) atoms. The van der Waals surface area contributed by atoms with Crippen molar-refractivity contribution in [3.05, 3.63) is 59.7 Å². The third-order valence-electron chi connectivity index (χ3n) is 4.48. The lowest BCUT2D eigenvalue weighted by atomic mass is 10.1. The molecular weight excluding hydrogens is 316 g/mol. The van der Waals surface area contributed by atoms with Gasteiger partial charge in [-0.05, 0) is 43.0 Å². The van der Waals surface area contributed by atoms with Crippen LogP contribution in [0.4, 0.5) is 10.5 Å². The van der Waals surface area contributed by atoms with E-state index in [0.717, 1.165) is 18.6 Å². The Labute approximate surface area is 148 Å². The molecule has 1 aliphatic rings. The molecular formula is C20H24N2O3. The van der Waals surface area contributed by atoms with Gasteiger partial charge in [0.2, 0.25) is 0 Å². The normalized spacial score (nSPS) is 15.5. The van der Waals surface area contributed by atoms with Gasteiger partial charge in [-0.25, -0.2) is 4.79 Å². The summed E-state index contributed by atoms with van der Waals surface area (Å²) in [5.41, 5.74) is 3.14. The van der Waals surface area contributed by atoms with Crippen molar-refractivity contribution in [2.45, 2.75) is 25.8 Å². The molecule has 2 N–H and O–H groups in total. The highest BCUT2D eigenvalue weighted by Crippen LogP contribution is 2.35. The lowest BCUT2D eigenvalue weighted by Crippen LogP contribution is -2.39. The number of nitrogens with zero attached hydrogens (tertiary/aromatic N) is 1. The fourth-order valence-electron chi connectivity index (χ4n) is 3.39. The maximum absolute atomic E-state index is 12.8. The van der Waals surface area contributed by atoms with Crippen LogP contribution in [0.25, 0.3) is 0 Å². The molecule has 2 amide bonds. The summed E-state index contributed by atoms with van der Waals surface area (Å²) in [4.78, 5) is 14.6. The molecule has 2 aromatic rings. The molecule has 3 rings (SSSR count). The van der Waals surface area contributed by atoms with Crippen LogP contribution < -0.4 is 10.1 Å². The summed E-state index contributed by atoms with van der Waals surface area (Å²) in [5.74, 6) is 0.722. The van der Waals surface area contributed by atoms with Crippen LogP contribution in [0.1, 0.15) is 30.5 Å². The number of aliphatic hydroxyl groups excluding tert-OH is 1. The molecule has 2 aromatic carbocycles. The molecule has 1 unspecified atom stereocenters. The number of aryl methyl sites for hydroxylation is 1. The van der Waals surface area contributed by atoms with Gasteiger partial charge in [-0.1, -0.05) is 30.3 Å². The number of urea groups is 1. The van der Waals surface area contributed by atoms with Crippen LogP contribution in [-0.2, 0) is 6.42 Å². The van der Waals surface area contributed by atoms with Gasteiger partial charge in [0.15, 0.2) is 0 Å². The van der Waals surface area contributed by atoms with E-state index in [2.05, 4.69) is 17.4 Å². The van der Waals surface area contributed by atoms with Gasteiger partial charge >= 0.3 is 6.03 Å². The molecule has 1 atom stereocenters. The molecule has 1 aliphatic carbocycles. The van der Waals surface area contributed by atoms with Gasteiger partial charge in [0.25, 0.3) is 0 Å². The quantitative estimate of drug-likeness (QED) is 0.844. The second kappa shape index (κ2) is 8.03. The van der Waals surface area contributed by atoms with Crippen molar-refractivity contribution < 1.29 is 14.6 Å². The molecule has 0 aromatic heterocycles. The van der Waals surface area contributed by atoms with Gasteiger partial charge in [-0.2, -0.15) is 0 Å². The summed E-state index contributed by atoms with van der Waals surface area (Å²) < 4.78 is 5.48. The fourth-order valence-corrected chi connectivity index (χ4v) is 3.39. The number of ether oxygens (including phenoxy) is 1. The molecule has 0 saturated heterocycles. The predicted octanol–water partition coefficient (Wildman–Crippen LogP) is 3.60. The van der Waals surface area contributed by atoms with Crippen molar-refractivity contribution in [2.24, 2.45) is 0 Å². The number of amides is 2. The zero-order valence-corrected chi connectivity index (χ0v) is 14.4. The molecule has 0 heterocycles. The maximum atomic E-state index is 12.8. The average Bonchev–Trinajstić information content (AvgIpc) is 3.04. The van der Waals surface area contributed by atoms with Crippen LogP contribution in [0, 0.1) is 0 Å². The average molecular weight is 340 g/mol. The number of fused-ring (bicyclic) bond motifs is 1. The Morgan fingerprint density at radius 1 is 1.28 bits per heavy atom. The summed E-state index contributed by atoms with van der Waals surface area (Å²) in [6.07, 6.45) is 1.83. The molecule has 0 bridgehead atoms. The third kappa shape index (κ3) is 3.94. The fraction of sp³-hybridized carbons (Fsp3) is 0.350. The van der Waals surface area contributed by atoms with Crippen LogP contribution in [0.2, 0.25) is 0 Å². The van der Waals surface area contributed by atoms with E-state index in [4.69, 9.17) is 4.74 Å². The Morgan fingerprint density at radius 2 is 2.12 bits per heavy atom. The Hall–Kier alpha value is -2.53. The van der Waals surface area contributed by atoms with Crippen molar-refractivity contribution in [2.75, 3.05) is 25.1 Å². The summed E-state index contributed by atoms with van der Waals surface area (Å²) in [7, 11) is 0. The van der Waals surface area contributed by atoms with Crippen molar-refractivity contribution in [1.82, 2.24) is 4.90 Å². The minimum atomic E-state index is -0.204. The van der Waals surface area contributed by atoms with E-state index >= 15 is 0 Å². The summed E-state index contributed by atoms with van der Waals surface area (Å²) in [6.45, 7) is 2.74. The molecule has 0 spiro atoms. The predicted molar refractivity (Wildman–Crippen MR) is 97.9 cm³/mol. The first kappa shape index (κ1) is 17.3. The minimum Gasteiger partial charge on any atom is -0.494 e. The van der Waals surface area contributed by atoms with Crippen LogP contribution in [0.5, 0.6) is 5.75 Å². The number of hydrogen-bond acceptors (Lipinski definition) is 3. The molecule has 0 radical (unpaired) electrons. The highest BCUT2D eigenvalue weighted by molar-refractivity contribution is 5.90. The summed E-state index contributed by atoms with van der Waals surface area (Å²) >= 11 is 0. The van der Waals surface area contributed by atoms with E-state index in [0.29, 0.717) is 18.8 Å². The number of carbonyl (C=O) groups excluding carboxylic acids is 1. The van der Waals surface area contributed by atoms with Gasteiger partial charge < -0.3 is 20.1 Å². The van der Waals surface area contributed by atoms with Crippen molar-refractivity contribution in [3.8, 4) is 5.75 Å². The van der Waals surface area contributed by atoms with Gasteiger partial charge in [0, 0.05) is 18.3 Å². The molecule has 5 nitrogen and oxygen atoms in total. The Balaban J connectivity index is 1.77. The SMILES string of the molecule is CCOc1cccc(NC(=O)N(CCO)C2CCc3ccccc32)c1. The van der Waals surface area contributed by atoms with Gasteiger partial charge in [0.1, 0.15) is 5.75 Å². The zero-order valence-electron chi connectivity index (χ0n) is 14.4. The molecule has 0 saturated carbocycles. The van der Waals surface area contributed by atoms with E-state index in [1.165, 1.54) is 11.1 Å². The highest BCUT2D eigenvalue weighted by Gasteiger charge is 2.30. The second-order valence-corrected chi connectivity index (χ2v) is 6.06. The first-order valence-electron chi connectivity index (χ1n) is 8.72. The first-order valence-corrected chi connectivity index (χ1v) is 8.72. The van der Waals surface area contributed by atoms with E-state index in [9.17, 15) is 9.90 Å². The van der Waals surface area contributed by atoms with Crippen molar-refractivity contribution >= 4 is 11.7 Å². The lowest BCUT2D eigenvalue weighted by Gasteiger charge is -2.29. The summed E-state index contributed by atoms with van der Waals surface area (Å²) in [5, 5.41) is 12.4. The second-order valence-electron chi connectivity index (χ2n) is 6.06. The van der Waals surface area contributed by atoms with Crippen molar-refractivity contribution in [3.63, 3.8) is 0 Å². The Morgan fingerprint density at radius 3 is 2.92 bits per heavy atom. The standard InChI is InChI=1S/C20H24N2O3/c1-2-25-17-8-5-7-16(14-17)21-20(24)22(12-13-23)19-11-10-15-6-3-4-9-18(15)19/h3-9,14,19,23H,2,10-13H2,1H3,(H,21,24). The van der Waals surface area contributed by atoms with Crippen LogP contribution in [0.3, 0.4) is 0 Å². The Kier molecular flexibility index (Phi) is 5.56. The smallest absolute Gasteiger partial charge is 0.322 e. The number of rotatable bonds is 6. The van der Waals surface area contributed by atoms with Gasteiger partial charge in [0.05, 0.1) is 19.3 Å². The number of benzene rings is 2. The molecule has 132 valence electrons. The maximum Gasteiger partial charge on any atom is 0.322 e. The third-order valence-corrected chi connectivity index (χ3v) is 4.48. The largest absolute Gasteiger partial charge is 0.494 e. The molecule has 0 fully saturated rings. The van der Waals surface area contributed by atoms with E-state index in [1.54, 1.807) is 11.0 Å².